The standard InChI is InChI=1S/C35H65N3O10/c1-2-45-26-27-46-25-22-37-34(42)30-48-29-28-47-24-21-36-32(40)20-19-31(35(43)44)38-33(41)18-16-14-12-10-8-6-4-3-5-7-9-11-13-15-17-23-39/h23,31H,2-22,24-30H2,1H3,(H,36,40)(H,37,42)(H,38,41)(H,43,44). The quantitative estimate of drug-likeness (QED) is 0.0549. The number of aldehydes is 1. The Bertz CT molecular complexity index is 815. The van der Waals surface area contributed by atoms with E-state index in [9.17, 15) is 29.1 Å². The molecule has 0 spiro atoms. The fraction of sp³-hybridized carbons (Fsp3) is 0.857. The Kier molecular flexibility index (Phi) is 33.7. The normalized spacial score (nSPS) is 11.6. The number of carboxylic acid groups (broad SMARTS) is 1. The lowest BCUT2D eigenvalue weighted by atomic mass is 10.0. The van der Waals surface area contributed by atoms with Gasteiger partial charge in [-0.3, -0.25) is 14.4 Å². The molecule has 13 heteroatoms. The fourth-order valence-corrected chi connectivity index (χ4v) is 4.85. The van der Waals surface area contributed by atoms with Gasteiger partial charge in [0.05, 0.1) is 39.6 Å². The number of carbonyl (C=O) groups excluding carboxylic acids is 4. The molecule has 280 valence electrons. The maximum atomic E-state index is 12.3. The zero-order valence-corrected chi connectivity index (χ0v) is 29.6. The number of hydrogen-bond acceptors (Lipinski definition) is 9. The number of nitrogens with one attached hydrogen (secondary N) is 3. The lowest BCUT2D eigenvalue weighted by Gasteiger charge is -2.14. The summed E-state index contributed by atoms with van der Waals surface area (Å²) in [6.45, 7) is 5.22. The minimum atomic E-state index is -1.16. The van der Waals surface area contributed by atoms with Gasteiger partial charge in [0.25, 0.3) is 0 Å². The Morgan fingerprint density at radius 2 is 1.06 bits per heavy atom. The number of rotatable bonds is 37. The number of carboxylic acids is 1. The molecule has 48 heavy (non-hydrogen) atoms. The van der Waals surface area contributed by atoms with Crippen LogP contribution in [0.25, 0.3) is 0 Å². The molecule has 0 aromatic carbocycles. The van der Waals surface area contributed by atoms with Crippen LogP contribution in [-0.4, -0.2) is 107 Å². The van der Waals surface area contributed by atoms with E-state index in [1.807, 2.05) is 6.92 Å². The summed E-state index contributed by atoms with van der Waals surface area (Å²) < 4.78 is 21.1. The smallest absolute Gasteiger partial charge is 0.326 e. The Labute approximate surface area is 288 Å². The first-order chi connectivity index (χ1) is 23.4. The van der Waals surface area contributed by atoms with E-state index < -0.39 is 12.0 Å². The van der Waals surface area contributed by atoms with Gasteiger partial charge in [0.2, 0.25) is 17.7 Å². The molecule has 0 aliphatic carbocycles. The van der Waals surface area contributed by atoms with Gasteiger partial charge < -0.3 is 44.8 Å². The van der Waals surface area contributed by atoms with Gasteiger partial charge >= 0.3 is 5.97 Å². The molecule has 0 saturated carbocycles. The average Bonchev–Trinajstić information content (AvgIpc) is 3.07. The molecule has 0 saturated heterocycles. The SMILES string of the molecule is CCOCCOCCNC(=O)COCCOCCNC(=O)CCC(NC(=O)CCCCCCCCCCCCCCCCC=O)C(=O)O. The molecule has 0 aliphatic rings. The molecular formula is C35H65N3O10. The van der Waals surface area contributed by atoms with Gasteiger partial charge in [0, 0.05) is 39.0 Å². The van der Waals surface area contributed by atoms with Crippen molar-refractivity contribution in [2.24, 2.45) is 0 Å². The fourth-order valence-electron chi connectivity index (χ4n) is 4.85. The summed E-state index contributed by atoms with van der Waals surface area (Å²) >= 11 is 0. The first-order valence-electron chi connectivity index (χ1n) is 18.2. The number of amides is 3. The average molecular weight is 688 g/mol. The van der Waals surface area contributed by atoms with Gasteiger partial charge in [-0.25, -0.2) is 4.79 Å². The van der Waals surface area contributed by atoms with Crippen molar-refractivity contribution in [2.75, 3.05) is 65.9 Å². The van der Waals surface area contributed by atoms with E-state index >= 15 is 0 Å². The Hall–Kier alpha value is -2.61. The van der Waals surface area contributed by atoms with Crippen molar-refractivity contribution in [2.45, 2.75) is 129 Å². The molecular weight excluding hydrogens is 622 g/mol. The molecule has 0 rings (SSSR count). The van der Waals surface area contributed by atoms with Crippen molar-refractivity contribution < 1.29 is 48.0 Å². The highest BCUT2D eigenvalue weighted by Gasteiger charge is 2.20. The predicted octanol–water partition coefficient (Wildman–Crippen LogP) is 4.10. The van der Waals surface area contributed by atoms with Crippen LogP contribution in [0.4, 0.5) is 0 Å². The molecule has 3 amide bonds. The van der Waals surface area contributed by atoms with Gasteiger partial charge in [-0.2, -0.15) is 0 Å². The van der Waals surface area contributed by atoms with E-state index in [1.165, 1.54) is 51.4 Å². The molecule has 0 aliphatic heterocycles. The number of carbonyl (C=O) groups is 5. The van der Waals surface area contributed by atoms with Crippen molar-refractivity contribution in [3.8, 4) is 0 Å². The van der Waals surface area contributed by atoms with E-state index in [1.54, 1.807) is 0 Å². The topological polar surface area (TPSA) is 179 Å². The van der Waals surface area contributed by atoms with Crippen LogP contribution in [0, 0.1) is 0 Å². The van der Waals surface area contributed by atoms with Crippen LogP contribution in [0.2, 0.25) is 0 Å². The summed E-state index contributed by atoms with van der Waals surface area (Å²) in [5.74, 6) is -2.03. The van der Waals surface area contributed by atoms with E-state index in [-0.39, 0.29) is 70.0 Å². The summed E-state index contributed by atoms with van der Waals surface area (Å²) in [6, 6.07) is -1.11. The minimum absolute atomic E-state index is 0.00443. The van der Waals surface area contributed by atoms with Crippen LogP contribution >= 0.6 is 0 Å². The van der Waals surface area contributed by atoms with Crippen LogP contribution in [-0.2, 0) is 42.9 Å². The molecule has 4 N–H and O–H groups in total. The number of aliphatic carboxylic acids is 1. The predicted molar refractivity (Wildman–Crippen MR) is 184 cm³/mol. The van der Waals surface area contributed by atoms with Crippen molar-refractivity contribution in [1.29, 1.82) is 0 Å². The third kappa shape index (κ3) is 33.3. The summed E-state index contributed by atoms with van der Waals surface area (Å²) in [5.41, 5.74) is 0. The van der Waals surface area contributed by atoms with Gasteiger partial charge in [0.15, 0.2) is 0 Å². The monoisotopic (exact) mass is 687 g/mol. The highest BCUT2D eigenvalue weighted by molar-refractivity contribution is 5.84. The van der Waals surface area contributed by atoms with E-state index in [4.69, 9.17) is 18.9 Å². The number of ether oxygens (including phenoxy) is 4. The molecule has 1 atom stereocenters. The van der Waals surface area contributed by atoms with E-state index in [0.717, 1.165) is 44.8 Å². The van der Waals surface area contributed by atoms with Crippen molar-refractivity contribution in [3.05, 3.63) is 0 Å². The molecule has 0 aromatic rings. The third-order valence-electron chi connectivity index (χ3n) is 7.59. The third-order valence-corrected chi connectivity index (χ3v) is 7.59. The largest absolute Gasteiger partial charge is 0.480 e. The molecule has 0 aromatic heterocycles. The van der Waals surface area contributed by atoms with Gasteiger partial charge in [-0.15, -0.1) is 0 Å². The second-order valence-electron chi connectivity index (χ2n) is 11.8. The molecule has 0 fully saturated rings. The number of unbranched alkanes of at least 4 members (excludes halogenated alkanes) is 14. The zero-order valence-electron chi connectivity index (χ0n) is 29.6. The Morgan fingerprint density at radius 1 is 0.583 bits per heavy atom. The molecule has 0 radical (unpaired) electrons. The van der Waals surface area contributed by atoms with E-state index in [2.05, 4.69) is 16.0 Å². The molecule has 13 nitrogen and oxygen atoms in total. The summed E-state index contributed by atoms with van der Waals surface area (Å²) in [5, 5.41) is 17.4. The first-order valence-corrected chi connectivity index (χ1v) is 18.2. The lowest BCUT2D eigenvalue weighted by Crippen LogP contribution is -2.41. The van der Waals surface area contributed by atoms with Crippen LogP contribution in [0.3, 0.4) is 0 Å². The van der Waals surface area contributed by atoms with E-state index in [0.29, 0.717) is 39.4 Å². The van der Waals surface area contributed by atoms with Crippen LogP contribution in [0.1, 0.15) is 122 Å². The first kappa shape index (κ1) is 45.4. The Morgan fingerprint density at radius 3 is 1.58 bits per heavy atom. The van der Waals surface area contributed by atoms with Gasteiger partial charge in [-0.05, 0) is 26.2 Å². The maximum Gasteiger partial charge on any atom is 0.326 e. The summed E-state index contributed by atoms with van der Waals surface area (Å²) in [7, 11) is 0. The summed E-state index contributed by atoms with van der Waals surface area (Å²) in [4.78, 5) is 57.9. The zero-order chi connectivity index (χ0) is 35.3. The molecule has 0 bridgehead atoms. The molecule has 0 heterocycles. The maximum absolute atomic E-state index is 12.3. The summed E-state index contributed by atoms with van der Waals surface area (Å²) in [6.07, 6.45) is 18.1. The van der Waals surface area contributed by atoms with Crippen LogP contribution in [0.5, 0.6) is 0 Å². The van der Waals surface area contributed by atoms with Crippen molar-refractivity contribution >= 4 is 30.0 Å². The van der Waals surface area contributed by atoms with Gasteiger partial charge in [-0.1, -0.05) is 77.0 Å². The van der Waals surface area contributed by atoms with Crippen LogP contribution < -0.4 is 16.0 Å². The second-order valence-corrected chi connectivity index (χ2v) is 11.8. The Balaban J connectivity index is 3.67. The minimum Gasteiger partial charge on any atom is -0.480 e. The molecule has 1 unspecified atom stereocenters. The van der Waals surface area contributed by atoms with Gasteiger partial charge in [0.1, 0.15) is 18.9 Å². The second kappa shape index (κ2) is 35.7. The lowest BCUT2D eigenvalue weighted by molar-refractivity contribution is -0.142. The highest BCUT2D eigenvalue weighted by Crippen LogP contribution is 2.13. The highest BCUT2D eigenvalue weighted by atomic mass is 16.5. The van der Waals surface area contributed by atoms with Crippen molar-refractivity contribution in [3.63, 3.8) is 0 Å². The number of hydrogen-bond donors (Lipinski definition) is 4. The van der Waals surface area contributed by atoms with Crippen LogP contribution in [0.15, 0.2) is 0 Å². The van der Waals surface area contributed by atoms with Crippen molar-refractivity contribution in [1.82, 2.24) is 16.0 Å².